The molecule has 0 aliphatic carbocycles. The van der Waals surface area contributed by atoms with E-state index in [4.69, 9.17) is 4.52 Å². The third-order valence-electron chi connectivity index (χ3n) is 3.50. The Hall–Kier alpha value is -1.30. The summed E-state index contributed by atoms with van der Waals surface area (Å²) in [5, 5.41) is 9.18. The van der Waals surface area contributed by atoms with Gasteiger partial charge in [-0.3, -0.25) is 14.3 Å². The van der Waals surface area contributed by atoms with Crippen LogP contribution in [-0.4, -0.2) is 49.4 Å². The summed E-state index contributed by atoms with van der Waals surface area (Å²) in [6.45, 7) is 2.32. The molecule has 1 unspecified atom stereocenters. The topological polar surface area (TPSA) is 66.8 Å². The lowest BCUT2D eigenvalue weighted by Crippen LogP contribution is -2.37. The highest BCUT2D eigenvalue weighted by Crippen LogP contribution is 2.63. The van der Waals surface area contributed by atoms with Crippen molar-refractivity contribution >= 4 is 13.3 Å². The summed E-state index contributed by atoms with van der Waals surface area (Å²) in [4.78, 5) is 12.7. The van der Waals surface area contributed by atoms with Gasteiger partial charge in [0.25, 0.3) is 7.37 Å². The molecule has 0 spiro atoms. The molecule has 0 amide bonds. The second kappa shape index (κ2) is 7.51. The van der Waals surface area contributed by atoms with E-state index in [1.165, 1.54) is 30.0 Å². The molecule has 0 saturated carbocycles. The van der Waals surface area contributed by atoms with Crippen molar-refractivity contribution in [1.82, 2.24) is 4.90 Å². The van der Waals surface area contributed by atoms with E-state index in [1.807, 2.05) is 0 Å². The molecule has 0 aromatic heterocycles. The third kappa shape index (κ3) is 4.59. The van der Waals surface area contributed by atoms with Crippen molar-refractivity contribution in [3.63, 3.8) is 0 Å². The Morgan fingerprint density at radius 1 is 1.43 bits per heavy atom. The minimum Gasteiger partial charge on any atom is -0.480 e. The van der Waals surface area contributed by atoms with Crippen molar-refractivity contribution in [2.45, 2.75) is 25.1 Å². The van der Waals surface area contributed by atoms with Gasteiger partial charge >= 0.3 is 11.6 Å². The number of likely N-dealkylation sites (N-methyl/N-ethyl adjacent to an activating group) is 1. The SMILES string of the molecule is CCOP(C)(=O)C(F)(F)c1cccc(C[C@@H](C(=O)O)N(C)C)c1. The maximum Gasteiger partial charge on any atom is 0.346 e. The lowest BCUT2D eigenvalue weighted by Gasteiger charge is -2.25. The smallest absolute Gasteiger partial charge is 0.346 e. The molecule has 23 heavy (non-hydrogen) atoms. The standard InChI is InChI=1S/C15H22F2NO4P/c1-5-22-23(4,21)15(16,17)12-8-6-7-11(9-12)10-13(14(19)20)18(2)3/h6-9,13H,5,10H2,1-4H3,(H,19,20)/t13-,23?/m0/s1. The Balaban J connectivity index is 3.14. The zero-order chi connectivity index (χ0) is 17.8. The molecule has 8 heteroatoms. The van der Waals surface area contributed by atoms with Gasteiger partial charge in [-0.05, 0) is 39.1 Å². The van der Waals surface area contributed by atoms with E-state index >= 15 is 0 Å². The number of carboxylic acid groups (broad SMARTS) is 1. The van der Waals surface area contributed by atoms with Crippen LogP contribution in [0.5, 0.6) is 0 Å². The second-order valence-corrected chi connectivity index (χ2v) is 8.04. The van der Waals surface area contributed by atoms with Crippen LogP contribution in [0.2, 0.25) is 0 Å². The summed E-state index contributed by atoms with van der Waals surface area (Å²) >= 11 is 0. The number of hydrogen-bond donors (Lipinski definition) is 1. The number of rotatable bonds is 8. The molecule has 0 aliphatic heterocycles. The van der Waals surface area contributed by atoms with Gasteiger partial charge in [-0.15, -0.1) is 0 Å². The zero-order valence-corrected chi connectivity index (χ0v) is 14.5. The van der Waals surface area contributed by atoms with Crippen molar-refractivity contribution in [2.75, 3.05) is 27.4 Å². The summed E-state index contributed by atoms with van der Waals surface area (Å²) in [7, 11) is -0.962. The summed E-state index contributed by atoms with van der Waals surface area (Å²) in [6.07, 6.45) is 0.0644. The van der Waals surface area contributed by atoms with Crippen LogP contribution in [-0.2, 0) is 26.0 Å². The highest BCUT2D eigenvalue weighted by atomic mass is 31.2. The zero-order valence-electron chi connectivity index (χ0n) is 13.6. The lowest BCUT2D eigenvalue weighted by molar-refractivity contribution is -0.142. The molecule has 1 N–H and O–H groups in total. The molecular weight excluding hydrogens is 327 g/mol. The molecule has 5 nitrogen and oxygen atoms in total. The van der Waals surface area contributed by atoms with E-state index in [0.29, 0.717) is 5.56 Å². The molecule has 0 aliphatic rings. The molecule has 2 atom stereocenters. The van der Waals surface area contributed by atoms with E-state index in [0.717, 1.165) is 6.66 Å². The molecule has 0 radical (unpaired) electrons. The van der Waals surface area contributed by atoms with E-state index in [-0.39, 0.29) is 13.0 Å². The van der Waals surface area contributed by atoms with E-state index < -0.39 is 30.6 Å². The maximum absolute atomic E-state index is 14.4. The number of hydrogen-bond acceptors (Lipinski definition) is 4. The van der Waals surface area contributed by atoms with Gasteiger partial charge in [-0.2, -0.15) is 8.78 Å². The Morgan fingerprint density at radius 2 is 2.04 bits per heavy atom. The van der Waals surface area contributed by atoms with E-state index in [9.17, 15) is 23.2 Å². The lowest BCUT2D eigenvalue weighted by atomic mass is 10.0. The van der Waals surface area contributed by atoms with Crippen molar-refractivity contribution in [1.29, 1.82) is 0 Å². The minimum atomic E-state index is -4.17. The first-order valence-corrected chi connectivity index (χ1v) is 9.18. The molecule has 1 rings (SSSR count). The highest BCUT2D eigenvalue weighted by Gasteiger charge is 2.49. The van der Waals surface area contributed by atoms with Gasteiger partial charge in [-0.25, -0.2) is 0 Å². The number of alkyl halides is 2. The first-order valence-electron chi connectivity index (χ1n) is 7.11. The van der Waals surface area contributed by atoms with Crippen molar-refractivity contribution in [3.05, 3.63) is 35.4 Å². The third-order valence-corrected chi connectivity index (χ3v) is 5.53. The summed E-state index contributed by atoms with van der Waals surface area (Å²) < 4.78 is 45.7. The van der Waals surface area contributed by atoms with Crippen LogP contribution < -0.4 is 0 Å². The highest BCUT2D eigenvalue weighted by molar-refractivity contribution is 7.59. The largest absolute Gasteiger partial charge is 0.480 e. The summed E-state index contributed by atoms with van der Waals surface area (Å²) in [6, 6.07) is 4.50. The molecule has 130 valence electrons. The average Bonchev–Trinajstić information content (AvgIpc) is 2.44. The predicted octanol–water partition coefficient (Wildman–Crippen LogP) is 3.24. The average molecular weight is 349 g/mol. The fourth-order valence-corrected chi connectivity index (χ4v) is 3.42. The van der Waals surface area contributed by atoms with Gasteiger partial charge in [-0.1, -0.05) is 18.2 Å². The predicted molar refractivity (Wildman–Crippen MR) is 84.3 cm³/mol. The number of carbonyl (C=O) groups is 1. The van der Waals surface area contributed by atoms with Crippen LogP contribution in [0.25, 0.3) is 0 Å². The number of benzene rings is 1. The fraction of sp³-hybridized carbons (Fsp3) is 0.533. The van der Waals surface area contributed by atoms with Crippen LogP contribution in [0, 0.1) is 0 Å². The summed E-state index contributed by atoms with van der Waals surface area (Å²) in [5.41, 5.74) is -3.63. The van der Waals surface area contributed by atoms with Crippen LogP contribution >= 0.6 is 7.37 Å². The number of carboxylic acids is 1. The Labute approximate surface area is 134 Å². The van der Waals surface area contributed by atoms with E-state index in [1.54, 1.807) is 20.2 Å². The molecule has 1 aromatic rings. The van der Waals surface area contributed by atoms with Gasteiger partial charge in [0, 0.05) is 12.2 Å². The first kappa shape index (κ1) is 19.7. The van der Waals surface area contributed by atoms with Crippen molar-refractivity contribution in [2.24, 2.45) is 0 Å². The monoisotopic (exact) mass is 349 g/mol. The van der Waals surface area contributed by atoms with Crippen molar-refractivity contribution in [3.8, 4) is 0 Å². The van der Waals surface area contributed by atoms with Crippen LogP contribution in [0.3, 0.4) is 0 Å². The number of nitrogens with zero attached hydrogens (tertiary/aromatic N) is 1. The van der Waals surface area contributed by atoms with Crippen LogP contribution in [0.4, 0.5) is 8.78 Å². The molecule has 0 fully saturated rings. The van der Waals surface area contributed by atoms with Gasteiger partial charge in [0.1, 0.15) is 6.04 Å². The fourth-order valence-electron chi connectivity index (χ4n) is 2.16. The Kier molecular flexibility index (Phi) is 6.45. The van der Waals surface area contributed by atoms with Crippen molar-refractivity contribution < 1.29 is 27.8 Å². The van der Waals surface area contributed by atoms with Crippen LogP contribution in [0.1, 0.15) is 18.1 Å². The molecule has 0 saturated heterocycles. The maximum atomic E-state index is 14.4. The number of aliphatic carboxylic acids is 1. The Morgan fingerprint density at radius 3 is 2.52 bits per heavy atom. The van der Waals surface area contributed by atoms with Gasteiger partial charge in [0.05, 0.1) is 6.61 Å². The molecule has 0 bridgehead atoms. The first-order chi connectivity index (χ1) is 10.5. The molecular formula is C15H22F2NO4P. The molecule has 1 aromatic carbocycles. The molecule has 0 heterocycles. The summed E-state index contributed by atoms with van der Waals surface area (Å²) in [5.74, 6) is -1.04. The number of halogens is 2. The second-order valence-electron chi connectivity index (χ2n) is 5.53. The van der Waals surface area contributed by atoms with Gasteiger partial charge in [0.15, 0.2) is 0 Å². The van der Waals surface area contributed by atoms with Crippen LogP contribution in [0.15, 0.2) is 24.3 Å². The minimum absolute atomic E-state index is 0.0644. The van der Waals surface area contributed by atoms with Gasteiger partial charge in [0.2, 0.25) is 0 Å². The van der Waals surface area contributed by atoms with E-state index in [2.05, 4.69) is 0 Å². The Bertz CT molecular complexity index is 607. The normalized spacial score (nSPS) is 16.1. The quantitative estimate of drug-likeness (QED) is 0.730. The van der Waals surface area contributed by atoms with Gasteiger partial charge < -0.3 is 9.63 Å².